The maximum absolute atomic E-state index is 7.83. The third-order valence-electron chi connectivity index (χ3n) is 0.354. The van der Waals surface area contributed by atoms with Crippen LogP contribution in [-0.4, -0.2) is 57.3 Å². The van der Waals surface area contributed by atoms with Crippen molar-refractivity contribution >= 4 is 57.3 Å². The van der Waals surface area contributed by atoms with E-state index < -0.39 is 0 Å². The minimum atomic E-state index is -0.185. The molecule has 0 saturated carbocycles. The number of guanidine groups is 1. The molecule has 0 bridgehead atoms. The summed E-state index contributed by atoms with van der Waals surface area (Å²) in [6, 6.07) is 0. The van der Waals surface area contributed by atoms with Crippen LogP contribution in [0.5, 0.6) is 0 Å². The number of hydrogen-bond acceptors (Lipinski definition) is 3. The van der Waals surface area contributed by atoms with Gasteiger partial charge in [-0.15, -0.1) is 4.99 Å². The van der Waals surface area contributed by atoms with Crippen molar-refractivity contribution in [1.82, 2.24) is 5.32 Å². The zero-order chi connectivity index (χ0) is 6.41. The van der Waals surface area contributed by atoms with E-state index in [2.05, 4.69) is 4.99 Å². The molecule has 0 fully saturated rings. The molecule has 0 saturated heterocycles. The molecular weight excluding hydrogens is 145 g/mol. The van der Waals surface area contributed by atoms with Gasteiger partial charge >= 0.3 is 0 Å². The Morgan fingerprint density at radius 3 is 2.44 bits per heavy atom. The molecule has 1 radical (unpaired) electrons. The fraction of sp³-hybridized carbons (Fsp3) is 0. The summed E-state index contributed by atoms with van der Waals surface area (Å²) in [7, 11) is 0. The third-order valence-corrected chi connectivity index (χ3v) is 0.354. The van der Waals surface area contributed by atoms with Crippen LogP contribution in [-0.2, 0) is 0 Å². The van der Waals surface area contributed by atoms with Gasteiger partial charge in [0.25, 0.3) is 0 Å². The van der Waals surface area contributed by atoms with E-state index in [0.29, 0.717) is 0 Å². The number of nitrogens with zero attached hydrogens (tertiary/aromatic N) is 3. The standard InChI is InChI=1S/C3H3N5.K/c4-1-7-3(6)8-2-5;/h(H3,6,7,8);. The van der Waals surface area contributed by atoms with Gasteiger partial charge in [0, 0.05) is 51.4 Å². The van der Waals surface area contributed by atoms with Crippen molar-refractivity contribution in [2.75, 3.05) is 0 Å². The van der Waals surface area contributed by atoms with Crippen LogP contribution in [0, 0.1) is 22.9 Å². The zero-order valence-corrected chi connectivity index (χ0v) is 8.04. The molecule has 0 amide bonds. The summed E-state index contributed by atoms with van der Waals surface area (Å²) in [6.45, 7) is 0. The van der Waals surface area contributed by atoms with E-state index >= 15 is 0 Å². The van der Waals surface area contributed by atoms with Gasteiger partial charge < -0.3 is 5.73 Å². The summed E-state index contributed by atoms with van der Waals surface area (Å²) in [6.07, 6.45) is 2.90. The molecule has 0 spiro atoms. The fourth-order valence-corrected chi connectivity index (χ4v) is 0.139. The molecule has 0 heterocycles. The Hall–Kier alpha value is -0.114. The van der Waals surface area contributed by atoms with Crippen LogP contribution >= 0.6 is 0 Å². The molecule has 41 valence electrons. The summed E-state index contributed by atoms with van der Waals surface area (Å²) in [5, 5.41) is 17.6. The molecule has 9 heavy (non-hydrogen) atoms. The van der Waals surface area contributed by atoms with Crippen molar-refractivity contribution in [3.8, 4) is 12.4 Å². The van der Waals surface area contributed by atoms with E-state index in [1.165, 1.54) is 12.4 Å². The second-order valence-electron chi connectivity index (χ2n) is 0.834. The molecule has 5 nitrogen and oxygen atoms in total. The van der Waals surface area contributed by atoms with E-state index in [0.717, 1.165) is 0 Å². The van der Waals surface area contributed by atoms with Crippen molar-refractivity contribution in [3.05, 3.63) is 0 Å². The van der Waals surface area contributed by atoms with E-state index in [1.54, 1.807) is 0 Å². The summed E-state index contributed by atoms with van der Waals surface area (Å²) in [5.74, 6) is -0.185. The van der Waals surface area contributed by atoms with Gasteiger partial charge in [0.2, 0.25) is 12.2 Å². The van der Waals surface area contributed by atoms with Crippen molar-refractivity contribution in [2.45, 2.75) is 0 Å². The maximum atomic E-state index is 7.83. The Bertz CT molecular complexity index is 172. The van der Waals surface area contributed by atoms with Crippen molar-refractivity contribution < 1.29 is 0 Å². The average Bonchev–Trinajstić information content (AvgIpc) is 1.68. The van der Waals surface area contributed by atoms with Crippen molar-refractivity contribution in [3.63, 3.8) is 0 Å². The van der Waals surface area contributed by atoms with E-state index in [4.69, 9.17) is 16.3 Å². The normalized spacial score (nSPS) is 8.00. The molecule has 0 aromatic rings. The van der Waals surface area contributed by atoms with Gasteiger partial charge in [-0.3, -0.25) is 5.32 Å². The first-order valence-electron chi connectivity index (χ1n) is 1.68. The quantitative estimate of drug-likeness (QED) is 0.143. The maximum Gasteiger partial charge on any atom is 0.217 e. The Morgan fingerprint density at radius 1 is 1.56 bits per heavy atom. The van der Waals surface area contributed by atoms with Crippen molar-refractivity contribution in [2.24, 2.45) is 10.7 Å². The molecule has 6 heteroatoms. The minimum absolute atomic E-state index is 0. The van der Waals surface area contributed by atoms with Crippen LogP contribution in [0.1, 0.15) is 0 Å². The number of nitrogens with two attached hydrogens (primary N) is 1. The van der Waals surface area contributed by atoms with Gasteiger partial charge in [0.05, 0.1) is 0 Å². The average molecular weight is 148 g/mol. The number of rotatable bonds is 0. The van der Waals surface area contributed by atoms with Crippen LogP contribution in [0.2, 0.25) is 0 Å². The number of nitriles is 2. The third kappa shape index (κ3) is 7.89. The van der Waals surface area contributed by atoms with Gasteiger partial charge in [0.15, 0.2) is 6.19 Å². The first-order chi connectivity index (χ1) is 3.81. The molecule has 0 aromatic heterocycles. The summed E-state index contributed by atoms with van der Waals surface area (Å²) in [4.78, 5) is 2.98. The molecule has 0 aliphatic heterocycles. The second kappa shape index (κ2) is 7.89. The van der Waals surface area contributed by atoms with E-state index in [9.17, 15) is 0 Å². The van der Waals surface area contributed by atoms with Gasteiger partial charge in [-0.1, -0.05) is 0 Å². The Balaban J connectivity index is 0. The molecule has 0 atom stereocenters. The second-order valence-corrected chi connectivity index (χ2v) is 0.834. The number of nitrogens with one attached hydrogen (secondary N) is 1. The minimum Gasteiger partial charge on any atom is -0.368 e. The van der Waals surface area contributed by atoms with Crippen LogP contribution in [0.15, 0.2) is 4.99 Å². The smallest absolute Gasteiger partial charge is 0.217 e. The molecular formula is C3H3KN5. The van der Waals surface area contributed by atoms with Crippen LogP contribution in [0.3, 0.4) is 0 Å². The summed E-state index contributed by atoms with van der Waals surface area (Å²) in [5.41, 5.74) is 4.89. The summed E-state index contributed by atoms with van der Waals surface area (Å²) < 4.78 is 0. The Labute approximate surface area is 95.0 Å². The Kier molecular flexibility index (Phi) is 10.2. The zero-order valence-electron chi connectivity index (χ0n) is 4.92. The molecule has 0 aliphatic rings. The first kappa shape index (κ1) is 11.7. The Morgan fingerprint density at radius 2 is 2.11 bits per heavy atom. The van der Waals surface area contributed by atoms with Gasteiger partial charge in [-0.25, -0.2) is 0 Å². The van der Waals surface area contributed by atoms with E-state index in [-0.39, 0.29) is 57.3 Å². The summed E-state index contributed by atoms with van der Waals surface area (Å²) >= 11 is 0. The molecule has 0 rings (SSSR count). The van der Waals surface area contributed by atoms with E-state index in [1.807, 2.05) is 5.32 Å². The number of hydrogen-bond donors (Lipinski definition) is 2. The van der Waals surface area contributed by atoms with Crippen molar-refractivity contribution in [1.29, 1.82) is 10.5 Å². The monoisotopic (exact) mass is 148 g/mol. The molecule has 3 N–H and O–H groups in total. The SMILES string of the molecule is N#CN=C(N)NC#N.[K]. The number of aliphatic imine (C=N–C) groups is 1. The topological polar surface area (TPSA) is 98.0 Å². The van der Waals surface area contributed by atoms with Crippen LogP contribution in [0.25, 0.3) is 0 Å². The molecule has 0 unspecified atom stereocenters. The largest absolute Gasteiger partial charge is 0.368 e. The van der Waals surface area contributed by atoms with Crippen LogP contribution in [0.4, 0.5) is 0 Å². The predicted octanol–water partition coefficient (Wildman–Crippen LogP) is -1.53. The first-order valence-corrected chi connectivity index (χ1v) is 1.68. The van der Waals surface area contributed by atoms with Gasteiger partial charge in [-0.05, 0) is 0 Å². The van der Waals surface area contributed by atoms with Crippen LogP contribution < -0.4 is 11.1 Å². The predicted molar refractivity (Wildman–Crippen MR) is 31.7 cm³/mol. The molecule has 0 aromatic carbocycles. The van der Waals surface area contributed by atoms with Gasteiger partial charge in [0.1, 0.15) is 0 Å². The molecule has 0 aliphatic carbocycles. The van der Waals surface area contributed by atoms with Gasteiger partial charge in [-0.2, -0.15) is 10.5 Å². The fourth-order valence-electron chi connectivity index (χ4n) is 0.139.